The first-order valence-electron chi connectivity index (χ1n) is 6.56. The zero-order chi connectivity index (χ0) is 15.5. The molecule has 6 heteroatoms. The van der Waals surface area contributed by atoms with Crippen LogP contribution in [-0.2, 0) is 11.3 Å². The molecule has 3 rings (SSSR count). The van der Waals surface area contributed by atoms with Gasteiger partial charge in [0.05, 0.1) is 5.69 Å². The van der Waals surface area contributed by atoms with Gasteiger partial charge in [-0.2, -0.15) is 0 Å². The van der Waals surface area contributed by atoms with E-state index in [-0.39, 0.29) is 12.4 Å². The minimum Gasteiger partial charge on any atom is -0.453 e. The first-order valence-corrected chi connectivity index (χ1v) is 8.23. The lowest BCUT2D eigenvalue weighted by Gasteiger charge is -2.00. The number of hydrogen-bond donors (Lipinski definition) is 0. The van der Waals surface area contributed by atoms with E-state index in [1.807, 2.05) is 36.6 Å². The molecule has 0 atom stereocenters. The standard InChI is InChI=1S/C16H12BrNO3S/c1-10-2-4-11(5-3-10)15-18-12(9-22-15)8-20-16(19)13-6-7-14(17)21-13/h2-7,9H,8H2,1H3. The van der Waals surface area contributed by atoms with Gasteiger partial charge in [0, 0.05) is 10.9 Å². The molecule has 0 amide bonds. The van der Waals surface area contributed by atoms with E-state index in [2.05, 4.69) is 20.9 Å². The summed E-state index contributed by atoms with van der Waals surface area (Å²) in [6.07, 6.45) is 0. The summed E-state index contributed by atoms with van der Waals surface area (Å²) in [6, 6.07) is 11.4. The van der Waals surface area contributed by atoms with E-state index in [9.17, 15) is 4.79 Å². The van der Waals surface area contributed by atoms with Crippen LogP contribution in [0.2, 0.25) is 0 Å². The number of carbonyl (C=O) groups excluding carboxylic acids is 1. The van der Waals surface area contributed by atoms with Gasteiger partial charge in [-0.15, -0.1) is 11.3 Å². The van der Waals surface area contributed by atoms with E-state index in [0.717, 1.165) is 16.3 Å². The highest BCUT2D eigenvalue weighted by Gasteiger charge is 2.13. The van der Waals surface area contributed by atoms with Crippen LogP contribution in [0, 0.1) is 6.92 Å². The van der Waals surface area contributed by atoms with Crippen molar-refractivity contribution in [2.24, 2.45) is 0 Å². The highest BCUT2D eigenvalue weighted by Crippen LogP contribution is 2.24. The van der Waals surface area contributed by atoms with Crippen LogP contribution in [-0.4, -0.2) is 11.0 Å². The number of halogens is 1. The molecule has 2 heterocycles. The van der Waals surface area contributed by atoms with Crippen molar-refractivity contribution in [3.63, 3.8) is 0 Å². The van der Waals surface area contributed by atoms with Gasteiger partial charge in [0.15, 0.2) is 4.67 Å². The molecule has 0 aliphatic carbocycles. The molecule has 0 N–H and O–H groups in total. The molecule has 0 aliphatic heterocycles. The number of aryl methyl sites for hydroxylation is 1. The van der Waals surface area contributed by atoms with E-state index in [1.165, 1.54) is 16.9 Å². The van der Waals surface area contributed by atoms with Crippen molar-refractivity contribution in [1.82, 2.24) is 4.98 Å². The third-order valence-electron chi connectivity index (χ3n) is 2.98. The van der Waals surface area contributed by atoms with E-state index in [4.69, 9.17) is 9.15 Å². The van der Waals surface area contributed by atoms with Gasteiger partial charge in [0.2, 0.25) is 5.76 Å². The smallest absolute Gasteiger partial charge is 0.374 e. The maximum atomic E-state index is 11.8. The van der Waals surface area contributed by atoms with Gasteiger partial charge in [0.1, 0.15) is 11.6 Å². The molecule has 112 valence electrons. The summed E-state index contributed by atoms with van der Waals surface area (Å²) in [6.45, 7) is 2.17. The Morgan fingerprint density at radius 2 is 2.05 bits per heavy atom. The topological polar surface area (TPSA) is 52.3 Å². The third kappa shape index (κ3) is 3.45. The maximum Gasteiger partial charge on any atom is 0.374 e. The normalized spacial score (nSPS) is 10.6. The lowest BCUT2D eigenvalue weighted by Crippen LogP contribution is -2.04. The van der Waals surface area contributed by atoms with E-state index >= 15 is 0 Å². The zero-order valence-electron chi connectivity index (χ0n) is 11.7. The number of benzene rings is 1. The average molecular weight is 378 g/mol. The number of rotatable bonds is 4. The summed E-state index contributed by atoms with van der Waals surface area (Å²) in [5.41, 5.74) is 2.99. The van der Waals surface area contributed by atoms with Gasteiger partial charge in [0.25, 0.3) is 0 Å². The summed E-state index contributed by atoms with van der Waals surface area (Å²) in [5.74, 6) is -0.337. The first kappa shape index (κ1) is 15.0. The molecule has 3 aromatic rings. The largest absolute Gasteiger partial charge is 0.453 e. The van der Waals surface area contributed by atoms with Gasteiger partial charge in [-0.1, -0.05) is 29.8 Å². The molecule has 0 spiro atoms. The molecular formula is C16H12BrNO3S. The minimum absolute atomic E-state index is 0.125. The predicted molar refractivity (Wildman–Crippen MR) is 87.8 cm³/mol. The van der Waals surface area contributed by atoms with Crippen molar-refractivity contribution < 1.29 is 13.9 Å². The fourth-order valence-corrected chi connectivity index (χ4v) is 2.95. The van der Waals surface area contributed by atoms with Crippen molar-refractivity contribution in [1.29, 1.82) is 0 Å². The quantitative estimate of drug-likeness (QED) is 0.610. The molecule has 4 nitrogen and oxygen atoms in total. The number of esters is 1. The molecule has 0 unspecified atom stereocenters. The van der Waals surface area contributed by atoms with Gasteiger partial charge in [-0.3, -0.25) is 0 Å². The number of nitrogens with zero attached hydrogens (tertiary/aromatic N) is 1. The van der Waals surface area contributed by atoms with E-state index in [1.54, 1.807) is 12.1 Å². The number of carbonyl (C=O) groups is 1. The summed E-state index contributed by atoms with van der Waals surface area (Å²) < 4.78 is 10.8. The number of thiazole rings is 1. The summed E-state index contributed by atoms with van der Waals surface area (Å²) in [5, 5.41) is 2.80. The van der Waals surface area contributed by atoms with Crippen LogP contribution in [0.25, 0.3) is 10.6 Å². The second-order valence-corrected chi connectivity index (χ2v) is 6.33. The minimum atomic E-state index is -0.504. The maximum absolute atomic E-state index is 11.8. The van der Waals surface area contributed by atoms with Crippen LogP contribution in [0.3, 0.4) is 0 Å². The van der Waals surface area contributed by atoms with Crippen molar-refractivity contribution >= 4 is 33.2 Å². The van der Waals surface area contributed by atoms with E-state index < -0.39 is 5.97 Å². The van der Waals surface area contributed by atoms with Crippen LogP contribution < -0.4 is 0 Å². The Morgan fingerprint density at radius 3 is 2.73 bits per heavy atom. The Hall–Kier alpha value is -1.92. The van der Waals surface area contributed by atoms with Crippen molar-refractivity contribution in [3.8, 4) is 10.6 Å². The molecule has 0 aliphatic rings. The number of furan rings is 1. The second-order valence-electron chi connectivity index (χ2n) is 4.69. The summed E-state index contributed by atoms with van der Waals surface area (Å²) in [7, 11) is 0. The van der Waals surface area contributed by atoms with Crippen LogP contribution >= 0.6 is 27.3 Å². The van der Waals surface area contributed by atoms with Crippen LogP contribution in [0.4, 0.5) is 0 Å². The van der Waals surface area contributed by atoms with Crippen molar-refractivity contribution in [2.75, 3.05) is 0 Å². The Kier molecular flexibility index (Phi) is 4.40. The SMILES string of the molecule is Cc1ccc(-c2nc(COC(=O)c3ccc(Br)o3)cs2)cc1. The third-order valence-corrected chi connectivity index (χ3v) is 4.34. The average Bonchev–Trinajstić information content (AvgIpc) is 3.15. The Labute approximate surface area is 139 Å². The number of ether oxygens (including phenoxy) is 1. The Balaban J connectivity index is 1.64. The molecule has 1 aromatic carbocycles. The molecule has 0 fully saturated rings. The second kappa shape index (κ2) is 6.46. The number of aromatic nitrogens is 1. The lowest BCUT2D eigenvalue weighted by molar-refractivity contribution is 0.0430. The molecular weight excluding hydrogens is 366 g/mol. The molecule has 0 saturated heterocycles. The lowest BCUT2D eigenvalue weighted by atomic mass is 10.2. The molecule has 0 radical (unpaired) electrons. The van der Waals surface area contributed by atoms with Crippen molar-refractivity contribution in [2.45, 2.75) is 13.5 Å². The molecule has 0 saturated carbocycles. The number of hydrogen-bond acceptors (Lipinski definition) is 5. The monoisotopic (exact) mass is 377 g/mol. The summed E-state index contributed by atoms with van der Waals surface area (Å²) in [4.78, 5) is 16.3. The van der Waals surface area contributed by atoms with Crippen LogP contribution in [0.1, 0.15) is 21.8 Å². The highest BCUT2D eigenvalue weighted by atomic mass is 79.9. The van der Waals surface area contributed by atoms with Gasteiger partial charge >= 0.3 is 5.97 Å². The first-order chi connectivity index (χ1) is 10.6. The molecule has 2 aromatic heterocycles. The van der Waals surface area contributed by atoms with Crippen LogP contribution in [0.5, 0.6) is 0 Å². The van der Waals surface area contributed by atoms with Gasteiger partial charge < -0.3 is 9.15 Å². The highest BCUT2D eigenvalue weighted by molar-refractivity contribution is 9.10. The molecule has 22 heavy (non-hydrogen) atoms. The predicted octanol–water partition coefficient (Wildman–Crippen LogP) is 4.83. The van der Waals surface area contributed by atoms with E-state index in [0.29, 0.717) is 4.67 Å². The molecule has 0 bridgehead atoms. The van der Waals surface area contributed by atoms with Crippen molar-refractivity contribution in [3.05, 3.63) is 63.5 Å². The zero-order valence-corrected chi connectivity index (χ0v) is 14.1. The van der Waals surface area contributed by atoms with Gasteiger partial charge in [-0.05, 0) is 35.0 Å². The fourth-order valence-electron chi connectivity index (χ4n) is 1.84. The fraction of sp³-hybridized carbons (Fsp3) is 0.125. The Bertz CT molecular complexity index is 792. The summed E-state index contributed by atoms with van der Waals surface area (Å²) >= 11 is 4.67. The van der Waals surface area contributed by atoms with Gasteiger partial charge in [-0.25, -0.2) is 9.78 Å². The van der Waals surface area contributed by atoms with Crippen LogP contribution in [0.15, 0.2) is 50.9 Å². The Morgan fingerprint density at radius 1 is 1.27 bits per heavy atom.